The van der Waals surface area contributed by atoms with Crippen molar-refractivity contribution >= 4 is 5.78 Å². The Balaban J connectivity index is 1.91. The predicted octanol–water partition coefficient (Wildman–Crippen LogP) is 2.65. The van der Waals surface area contributed by atoms with Crippen LogP contribution in [0.1, 0.15) is 38.2 Å². The topological polar surface area (TPSA) is 35.5 Å². The summed E-state index contributed by atoms with van der Waals surface area (Å²) in [7, 11) is 0. The Bertz CT molecular complexity index is 452. The van der Waals surface area contributed by atoms with E-state index in [4.69, 9.17) is 9.47 Å². The Kier molecular flexibility index (Phi) is 2.76. The number of rotatable bonds is 1. The molecule has 0 radical (unpaired) electrons. The molecule has 0 bridgehead atoms. The average molecular weight is 246 g/mol. The summed E-state index contributed by atoms with van der Waals surface area (Å²) in [6, 6.07) is 10.1. The molecule has 2 aliphatic rings. The van der Waals surface area contributed by atoms with Crippen LogP contribution in [0.4, 0.5) is 0 Å². The molecule has 1 aromatic rings. The van der Waals surface area contributed by atoms with Gasteiger partial charge in [-0.3, -0.25) is 4.79 Å². The van der Waals surface area contributed by atoms with E-state index >= 15 is 0 Å². The first-order chi connectivity index (χ1) is 8.55. The van der Waals surface area contributed by atoms with Gasteiger partial charge in [-0.05, 0) is 19.4 Å². The second-order valence-electron chi connectivity index (χ2n) is 5.60. The van der Waals surface area contributed by atoms with E-state index in [1.54, 1.807) is 0 Å². The minimum atomic E-state index is -0.576. The molecule has 0 amide bonds. The molecule has 2 fully saturated rings. The van der Waals surface area contributed by atoms with Gasteiger partial charge in [0, 0.05) is 18.8 Å². The summed E-state index contributed by atoms with van der Waals surface area (Å²) in [6.45, 7) is 3.83. The number of Topliss-reactive ketones (excluding diaryl/α,β-unsaturated/α-hetero) is 1. The van der Waals surface area contributed by atoms with Gasteiger partial charge in [-0.2, -0.15) is 0 Å². The normalized spacial score (nSPS) is 34.3. The second kappa shape index (κ2) is 4.18. The highest BCUT2D eigenvalue weighted by molar-refractivity contribution is 5.81. The molecule has 3 heteroatoms. The summed E-state index contributed by atoms with van der Waals surface area (Å²) in [6.07, 6.45) is 0.953. The van der Waals surface area contributed by atoms with Crippen LogP contribution in [0.5, 0.6) is 0 Å². The van der Waals surface area contributed by atoms with Crippen LogP contribution in [-0.4, -0.2) is 23.8 Å². The lowest BCUT2D eigenvalue weighted by molar-refractivity contribution is -0.147. The average Bonchev–Trinajstić information content (AvgIpc) is 2.63. The van der Waals surface area contributed by atoms with Crippen LogP contribution >= 0.6 is 0 Å². The quantitative estimate of drug-likeness (QED) is 0.764. The maximum Gasteiger partial charge on any atom is 0.163 e. The van der Waals surface area contributed by atoms with Crippen molar-refractivity contribution in [2.24, 2.45) is 0 Å². The Morgan fingerprint density at radius 1 is 1.11 bits per heavy atom. The van der Waals surface area contributed by atoms with Crippen molar-refractivity contribution in [1.29, 1.82) is 0 Å². The Hall–Kier alpha value is -1.19. The van der Waals surface area contributed by atoms with Gasteiger partial charge < -0.3 is 9.47 Å². The SMILES string of the molecule is CC1(C)O[C@@H]2[C@@H](CC(=O)C[C@H]2c2ccccc2)O1. The summed E-state index contributed by atoms with van der Waals surface area (Å²) in [4.78, 5) is 11.9. The van der Waals surface area contributed by atoms with Crippen LogP contribution in [0.2, 0.25) is 0 Å². The molecular weight excluding hydrogens is 228 g/mol. The molecule has 3 atom stereocenters. The van der Waals surface area contributed by atoms with E-state index < -0.39 is 5.79 Å². The summed E-state index contributed by atoms with van der Waals surface area (Å²) in [5.41, 5.74) is 1.17. The largest absolute Gasteiger partial charge is 0.344 e. The maximum absolute atomic E-state index is 11.9. The lowest BCUT2D eigenvalue weighted by Crippen LogP contribution is -2.37. The van der Waals surface area contributed by atoms with Crippen molar-refractivity contribution in [2.75, 3.05) is 0 Å². The third kappa shape index (κ3) is 2.08. The monoisotopic (exact) mass is 246 g/mol. The van der Waals surface area contributed by atoms with Gasteiger partial charge in [0.2, 0.25) is 0 Å². The van der Waals surface area contributed by atoms with E-state index in [-0.39, 0.29) is 23.9 Å². The molecule has 3 rings (SSSR count). The Morgan fingerprint density at radius 2 is 1.83 bits per heavy atom. The van der Waals surface area contributed by atoms with Gasteiger partial charge in [0.05, 0.1) is 12.2 Å². The number of carbonyl (C=O) groups excluding carboxylic acids is 1. The molecule has 0 aromatic heterocycles. The Labute approximate surface area is 107 Å². The number of ether oxygens (including phenoxy) is 2. The lowest BCUT2D eigenvalue weighted by Gasteiger charge is -2.30. The zero-order valence-electron chi connectivity index (χ0n) is 10.8. The number of benzene rings is 1. The highest BCUT2D eigenvalue weighted by Crippen LogP contribution is 2.42. The Morgan fingerprint density at radius 3 is 2.56 bits per heavy atom. The van der Waals surface area contributed by atoms with Crippen LogP contribution < -0.4 is 0 Å². The van der Waals surface area contributed by atoms with Gasteiger partial charge in [0.15, 0.2) is 5.79 Å². The van der Waals surface area contributed by atoms with Gasteiger partial charge in [-0.1, -0.05) is 30.3 Å². The molecule has 1 aliphatic carbocycles. The van der Waals surface area contributed by atoms with Gasteiger partial charge >= 0.3 is 0 Å². The summed E-state index contributed by atoms with van der Waals surface area (Å²) in [5, 5.41) is 0. The first kappa shape index (κ1) is 11.9. The predicted molar refractivity (Wildman–Crippen MR) is 67.2 cm³/mol. The van der Waals surface area contributed by atoms with Crippen molar-refractivity contribution in [3.05, 3.63) is 35.9 Å². The second-order valence-corrected chi connectivity index (χ2v) is 5.60. The standard InChI is InChI=1S/C15H18O3/c1-15(2)17-13-9-11(16)8-12(14(13)18-15)10-6-4-3-5-7-10/h3-7,12-14H,8-9H2,1-2H3/t12-,13+,14-/m0/s1. The van der Waals surface area contributed by atoms with Crippen LogP contribution in [0.15, 0.2) is 30.3 Å². The van der Waals surface area contributed by atoms with E-state index in [0.29, 0.717) is 12.8 Å². The molecule has 1 heterocycles. The lowest BCUT2D eigenvalue weighted by atomic mass is 9.79. The third-order valence-corrected chi connectivity index (χ3v) is 3.72. The molecule has 96 valence electrons. The summed E-state index contributed by atoms with van der Waals surface area (Å²) < 4.78 is 11.8. The zero-order valence-corrected chi connectivity index (χ0v) is 10.8. The fourth-order valence-electron chi connectivity index (χ4n) is 3.04. The highest BCUT2D eigenvalue weighted by Gasteiger charge is 2.49. The number of ketones is 1. The van der Waals surface area contributed by atoms with E-state index in [1.165, 1.54) is 5.56 Å². The minimum Gasteiger partial charge on any atom is -0.344 e. The van der Waals surface area contributed by atoms with Crippen LogP contribution in [0, 0.1) is 0 Å². The fourth-order valence-corrected chi connectivity index (χ4v) is 3.04. The van der Waals surface area contributed by atoms with Crippen molar-refractivity contribution < 1.29 is 14.3 Å². The number of hydrogen-bond acceptors (Lipinski definition) is 3. The summed E-state index contributed by atoms with van der Waals surface area (Å²) in [5.74, 6) is -0.182. The van der Waals surface area contributed by atoms with Gasteiger partial charge in [-0.15, -0.1) is 0 Å². The van der Waals surface area contributed by atoms with E-state index in [2.05, 4.69) is 12.1 Å². The molecule has 1 saturated heterocycles. The molecular formula is C15H18O3. The molecule has 0 spiro atoms. The van der Waals surface area contributed by atoms with Crippen molar-refractivity contribution in [2.45, 2.75) is 50.6 Å². The molecule has 1 aliphatic heterocycles. The molecule has 0 N–H and O–H groups in total. The van der Waals surface area contributed by atoms with Crippen molar-refractivity contribution in [3.8, 4) is 0 Å². The van der Waals surface area contributed by atoms with E-state index in [1.807, 2.05) is 32.0 Å². The van der Waals surface area contributed by atoms with Crippen molar-refractivity contribution in [1.82, 2.24) is 0 Å². The number of carbonyl (C=O) groups is 1. The van der Waals surface area contributed by atoms with Crippen LogP contribution in [-0.2, 0) is 14.3 Å². The molecule has 1 saturated carbocycles. The molecule has 3 nitrogen and oxygen atoms in total. The minimum absolute atomic E-state index is 0.0000926. The smallest absolute Gasteiger partial charge is 0.163 e. The van der Waals surface area contributed by atoms with E-state index in [0.717, 1.165) is 0 Å². The first-order valence-electron chi connectivity index (χ1n) is 6.47. The van der Waals surface area contributed by atoms with Gasteiger partial charge in [0.1, 0.15) is 5.78 Å². The van der Waals surface area contributed by atoms with Gasteiger partial charge in [-0.25, -0.2) is 0 Å². The number of fused-ring (bicyclic) bond motifs is 1. The third-order valence-electron chi connectivity index (χ3n) is 3.72. The van der Waals surface area contributed by atoms with Gasteiger partial charge in [0.25, 0.3) is 0 Å². The molecule has 18 heavy (non-hydrogen) atoms. The van der Waals surface area contributed by atoms with Crippen molar-refractivity contribution in [3.63, 3.8) is 0 Å². The zero-order chi connectivity index (χ0) is 12.8. The molecule has 1 aromatic carbocycles. The summed E-state index contributed by atoms with van der Waals surface area (Å²) >= 11 is 0. The fraction of sp³-hybridized carbons (Fsp3) is 0.533. The van der Waals surface area contributed by atoms with E-state index in [9.17, 15) is 4.79 Å². The highest BCUT2D eigenvalue weighted by atomic mass is 16.8. The number of hydrogen-bond donors (Lipinski definition) is 0. The maximum atomic E-state index is 11.9. The molecule has 0 unspecified atom stereocenters. The first-order valence-corrected chi connectivity index (χ1v) is 6.47. The van der Waals surface area contributed by atoms with Crippen LogP contribution in [0.3, 0.4) is 0 Å². The van der Waals surface area contributed by atoms with Crippen LogP contribution in [0.25, 0.3) is 0 Å².